The fourth-order valence-corrected chi connectivity index (χ4v) is 4.53. The summed E-state index contributed by atoms with van der Waals surface area (Å²) in [6, 6.07) is 14.5. The van der Waals surface area contributed by atoms with Gasteiger partial charge in [-0.3, -0.25) is 5.10 Å². The molecule has 1 aliphatic rings. The average Bonchev–Trinajstić information content (AvgIpc) is 3.23. The van der Waals surface area contributed by atoms with Gasteiger partial charge in [-0.2, -0.15) is 15.1 Å². The summed E-state index contributed by atoms with van der Waals surface area (Å²) < 4.78 is 0. The van der Waals surface area contributed by atoms with E-state index < -0.39 is 0 Å². The SMILES string of the molecule is CN(c1nc(N)nc2[nH]ncc12)C1Cc2ccccc2N(Cc2ccc(Cl)c(Cl)c2)C1. The van der Waals surface area contributed by atoms with E-state index in [-0.39, 0.29) is 12.0 Å². The van der Waals surface area contributed by atoms with Crippen molar-refractivity contribution < 1.29 is 0 Å². The Morgan fingerprint density at radius 1 is 1.16 bits per heavy atom. The Morgan fingerprint density at radius 2 is 2.00 bits per heavy atom. The highest BCUT2D eigenvalue weighted by Crippen LogP contribution is 2.33. The van der Waals surface area contributed by atoms with Gasteiger partial charge < -0.3 is 15.5 Å². The number of nitrogen functional groups attached to an aromatic ring is 1. The fraction of sp³-hybridized carbons (Fsp3) is 0.227. The molecule has 9 heteroatoms. The molecule has 31 heavy (non-hydrogen) atoms. The number of benzene rings is 2. The maximum absolute atomic E-state index is 6.26. The molecule has 2 aromatic heterocycles. The van der Waals surface area contributed by atoms with Crippen molar-refractivity contribution in [1.29, 1.82) is 0 Å². The number of para-hydroxylation sites is 1. The van der Waals surface area contributed by atoms with Crippen molar-refractivity contribution in [3.63, 3.8) is 0 Å². The van der Waals surface area contributed by atoms with E-state index in [0.717, 1.165) is 36.3 Å². The molecule has 0 aliphatic carbocycles. The number of nitrogens with zero attached hydrogens (tertiary/aromatic N) is 5. The molecule has 3 N–H and O–H groups in total. The maximum atomic E-state index is 6.26. The van der Waals surface area contributed by atoms with Crippen molar-refractivity contribution in [2.45, 2.75) is 19.0 Å². The number of fused-ring (bicyclic) bond motifs is 2. The first-order valence-corrected chi connectivity index (χ1v) is 10.7. The molecule has 4 aromatic rings. The van der Waals surface area contributed by atoms with Crippen molar-refractivity contribution in [3.8, 4) is 0 Å². The number of rotatable bonds is 4. The van der Waals surface area contributed by atoms with Crippen LogP contribution in [-0.2, 0) is 13.0 Å². The summed E-state index contributed by atoms with van der Waals surface area (Å²) in [4.78, 5) is 13.3. The van der Waals surface area contributed by atoms with Crippen LogP contribution >= 0.6 is 23.2 Å². The highest BCUT2D eigenvalue weighted by atomic mass is 35.5. The van der Waals surface area contributed by atoms with Crippen LogP contribution in [0.4, 0.5) is 17.5 Å². The molecular weight excluding hydrogens is 433 g/mol. The van der Waals surface area contributed by atoms with Crippen LogP contribution in [0.2, 0.25) is 10.0 Å². The number of nitrogens with two attached hydrogens (primary N) is 1. The third-order valence-corrected chi connectivity index (χ3v) is 6.50. The summed E-state index contributed by atoms with van der Waals surface area (Å²) in [5.41, 5.74) is 10.2. The Bertz CT molecular complexity index is 1260. The molecule has 0 saturated heterocycles. The van der Waals surface area contributed by atoms with E-state index in [2.05, 4.69) is 54.2 Å². The minimum absolute atomic E-state index is 0.185. The number of H-pyrrole nitrogens is 1. The van der Waals surface area contributed by atoms with Gasteiger partial charge in [-0.25, -0.2) is 0 Å². The molecule has 0 fully saturated rings. The van der Waals surface area contributed by atoms with Crippen LogP contribution in [-0.4, -0.2) is 39.8 Å². The quantitative estimate of drug-likeness (QED) is 0.478. The summed E-state index contributed by atoms with van der Waals surface area (Å²) >= 11 is 12.4. The van der Waals surface area contributed by atoms with Crippen molar-refractivity contribution in [2.75, 3.05) is 29.1 Å². The fourth-order valence-electron chi connectivity index (χ4n) is 4.21. The van der Waals surface area contributed by atoms with E-state index in [4.69, 9.17) is 28.9 Å². The number of hydrogen-bond acceptors (Lipinski definition) is 6. The van der Waals surface area contributed by atoms with Crippen molar-refractivity contribution in [3.05, 3.63) is 69.8 Å². The molecular formula is C22H21Cl2N7. The first-order chi connectivity index (χ1) is 15.0. The Hall–Kier alpha value is -3.03. The zero-order chi connectivity index (χ0) is 21.5. The third kappa shape index (κ3) is 3.75. The lowest BCUT2D eigenvalue weighted by atomic mass is 9.96. The second-order valence-corrected chi connectivity index (χ2v) is 8.58. The number of nitrogens with one attached hydrogen (secondary N) is 1. The first-order valence-electron chi connectivity index (χ1n) is 9.96. The molecule has 158 valence electrons. The first kappa shape index (κ1) is 19.9. The molecule has 1 unspecified atom stereocenters. The summed E-state index contributed by atoms with van der Waals surface area (Å²) in [5, 5.41) is 8.98. The standard InChI is InChI=1S/C22H21Cl2N7/c1-30(21-16-10-26-29-20(16)27-22(25)28-21)15-9-14-4-2-3-5-19(14)31(12-15)11-13-6-7-17(23)18(24)8-13/h2-8,10,15H,9,11-12H2,1H3,(H3,25,26,27,28,29). The predicted octanol–water partition coefficient (Wildman–Crippen LogP) is 4.31. The van der Waals surface area contributed by atoms with Gasteiger partial charge in [-0.1, -0.05) is 47.5 Å². The molecule has 3 heterocycles. The van der Waals surface area contributed by atoms with E-state index in [1.165, 1.54) is 11.3 Å². The summed E-state index contributed by atoms with van der Waals surface area (Å²) in [7, 11) is 2.05. The lowest BCUT2D eigenvalue weighted by molar-refractivity contribution is 0.568. The Kier molecular flexibility index (Phi) is 5.08. The van der Waals surface area contributed by atoms with Gasteiger partial charge >= 0.3 is 0 Å². The minimum atomic E-state index is 0.185. The molecule has 0 saturated carbocycles. The van der Waals surface area contributed by atoms with E-state index in [1.54, 1.807) is 6.20 Å². The van der Waals surface area contributed by atoms with Crippen LogP contribution in [0.25, 0.3) is 11.0 Å². The monoisotopic (exact) mass is 453 g/mol. The summed E-state index contributed by atoms with van der Waals surface area (Å²) in [5.74, 6) is 0.998. The number of aromatic amines is 1. The van der Waals surface area contributed by atoms with Crippen LogP contribution in [0.1, 0.15) is 11.1 Å². The zero-order valence-corrected chi connectivity index (χ0v) is 18.4. The number of aromatic nitrogens is 4. The summed E-state index contributed by atoms with van der Waals surface area (Å²) in [6.07, 6.45) is 2.64. The molecule has 1 atom stereocenters. The zero-order valence-electron chi connectivity index (χ0n) is 16.9. The van der Waals surface area contributed by atoms with Crippen molar-refractivity contribution in [1.82, 2.24) is 20.2 Å². The molecule has 0 spiro atoms. The molecule has 2 aromatic carbocycles. The smallest absolute Gasteiger partial charge is 0.224 e. The van der Waals surface area contributed by atoms with Crippen molar-refractivity contribution in [2.24, 2.45) is 0 Å². The average molecular weight is 454 g/mol. The highest BCUT2D eigenvalue weighted by molar-refractivity contribution is 6.42. The topological polar surface area (TPSA) is 87.0 Å². The maximum Gasteiger partial charge on any atom is 0.224 e. The number of likely N-dealkylation sites (N-methyl/N-ethyl adjacent to an activating group) is 1. The third-order valence-electron chi connectivity index (χ3n) is 5.77. The van der Waals surface area contributed by atoms with Crippen LogP contribution in [0.5, 0.6) is 0 Å². The number of hydrogen-bond donors (Lipinski definition) is 2. The molecule has 0 amide bonds. The van der Waals surface area contributed by atoms with Gasteiger partial charge in [-0.15, -0.1) is 0 Å². The Labute approximate surface area is 189 Å². The van der Waals surface area contributed by atoms with E-state index in [9.17, 15) is 0 Å². The van der Waals surface area contributed by atoms with Gasteiger partial charge in [0.15, 0.2) is 5.65 Å². The van der Waals surface area contributed by atoms with Crippen LogP contribution in [0.15, 0.2) is 48.7 Å². The van der Waals surface area contributed by atoms with Gasteiger partial charge in [0.25, 0.3) is 0 Å². The van der Waals surface area contributed by atoms with E-state index in [1.807, 2.05) is 25.2 Å². The van der Waals surface area contributed by atoms with Gasteiger partial charge in [0, 0.05) is 25.8 Å². The summed E-state index contributed by atoms with van der Waals surface area (Å²) in [6.45, 7) is 1.54. The van der Waals surface area contributed by atoms with Crippen molar-refractivity contribution >= 4 is 51.7 Å². The number of anilines is 3. The van der Waals surface area contributed by atoms with Gasteiger partial charge in [0.2, 0.25) is 5.95 Å². The Balaban J connectivity index is 1.49. The molecule has 5 rings (SSSR count). The number of halogens is 2. The lowest BCUT2D eigenvalue weighted by Crippen LogP contribution is -2.47. The second-order valence-electron chi connectivity index (χ2n) is 7.76. The predicted molar refractivity (Wildman–Crippen MR) is 126 cm³/mol. The van der Waals surface area contributed by atoms with E-state index in [0.29, 0.717) is 15.7 Å². The van der Waals surface area contributed by atoms with Gasteiger partial charge in [0.05, 0.1) is 27.7 Å². The Morgan fingerprint density at radius 3 is 2.84 bits per heavy atom. The van der Waals surface area contributed by atoms with Crippen LogP contribution in [0.3, 0.4) is 0 Å². The van der Waals surface area contributed by atoms with Gasteiger partial charge in [-0.05, 0) is 35.7 Å². The van der Waals surface area contributed by atoms with Crippen LogP contribution < -0.4 is 15.5 Å². The second kappa shape index (κ2) is 7.90. The molecule has 1 aliphatic heterocycles. The minimum Gasteiger partial charge on any atom is -0.368 e. The normalized spacial score (nSPS) is 15.8. The highest BCUT2D eigenvalue weighted by Gasteiger charge is 2.29. The van der Waals surface area contributed by atoms with Gasteiger partial charge in [0.1, 0.15) is 5.82 Å². The molecule has 7 nitrogen and oxygen atoms in total. The molecule has 0 bridgehead atoms. The van der Waals surface area contributed by atoms with E-state index >= 15 is 0 Å². The van der Waals surface area contributed by atoms with Crippen LogP contribution in [0, 0.1) is 0 Å². The molecule has 0 radical (unpaired) electrons. The largest absolute Gasteiger partial charge is 0.368 e. The lowest BCUT2D eigenvalue weighted by Gasteiger charge is -2.40.